The third-order valence-corrected chi connectivity index (χ3v) is 4.95. The number of ketones is 1. The number of benzene rings is 1. The fourth-order valence-corrected chi connectivity index (χ4v) is 2.99. The lowest BCUT2D eigenvalue weighted by Crippen LogP contribution is -2.31. The number of nitrogens with one attached hydrogen (secondary N) is 1. The van der Waals surface area contributed by atoms with Gasteiger partial charge in [0, 0.05) is 33.0 Å². The van der Waals surface area contributed by atoms with E-state index in [4.69, 9.17) is 15.2 Å². The van der Waals surface area contributed by atoms with E-state index in [1.54, 1.807) is 25.2 Å². The Balaban J connectivity index is 2.47. The van der Waals surface area contributed by atoms with E-state index in [9.17, 15) is 14.4 Å². The van der Waals surface area contributed by atoms with Crippen molar-refractivity contribution in [3.8, 4) is 11.5 Å². The van der Waals surface area contributed by atoms with E-state index in [1.807, 2.05) is 0 Å². The summed E-state index contributed by atoms with van der Waals surface area (Å²) in [6.07, 6.45) is 7.97. The molecule has 0 saturated carbocycles. The molecule has 3 N–H and O–H groups in total. The number of allylic oxidation sites excluding steroid dienone is 2. The zero-order valence-corrected chi connectivity index (χ0v) is 20.4. The summed E-state index contributed by atoms with van der Waals surface area (Å²) in [6.45, 7) is 5.04. The van der Waals surface area contributed by atoms with Crippen LogP contribution in [-0.4, -0.2) is 49.9 Å². The van der Waals surface area contributed by atoms with Gasteiger partial charge in [0.25, 0.3) is 0 Å². The topological polar surface area (TPSA) is 111 Å². The van der Waals surface area contributed by atoms with Crippen molar-refractivity contribution < 1.29 is 23.9 Å². The van der Waals surface area contributed by atoms with Crippen molar-refractivity contribution >= 4 is 17.8 Å². The van der Waals surface area contributed by atoms with Crippen molar-refractivity contribution in [3.63, 3.8) is 0 Å². The molecule has 8 nitrogen and oxygen atoms in total. The molecule has 0 heterocycles. The van der Waals surface area contributed by atoms with Gasteiger partial charge in [-0.15, -0.1) is 0 Å². The molecule has 0 bridgehead atoms. The first kappa shape index (κ1) is 28.2. The number of hydrogen-bond acceptors (Lipinski definition) is 6. The number of methoxy groups -OCH3 is 1. The number of carbonyl (C=O) groups is 3. The molecule has 1 aromatic carbocycles. The van der Waals surface area contributed by atoms with Crippen molar-refractivity contribution in [2.24, 2.45) is 11.7 Å². The van der Waals surface area contributed by atoms with Gasteiger partial charge in [-0.3, -0.25) is 9.59 Å². The molecule has 0 aromatic heterocycles. The number of nitrogens with zero attached hydrogens (tertiary/aromatic N) is 1. The number of amides is 2. The molecule has 8 heteroatoms. The molecule has 1 rings (SSSR count). The van der Waals surface area contributed by atoms with Crippen molar-refractivity contribution in [2.45, 2.75) is 58.9 Å². The van der Waals surface area contributed by atoms with Gasteiger partial charge in [-0.05, 0) is 49.3 Å². The van der Waals surface area contributed by atoms with E-state index in [-0.39, 0.29) is 24.0 Å². The predicted octanol–water partition coefficient (Wildman–Crippen LogP) is 3.82. The summed E-state index contributed by atoms with van der Waals surface area (Å²) in [6, 6.07) is 5.16. The third kappa shape index (κ3) is 12.1. The van der Waals surface area contributed by atoms with Crippen LogP contribution in [0.15, 0.2) is 30.4 Å². The van der Waals surface area contributed by atoms with Gasteiger partial charge in [0.2, 0.25) is 5.91 Å². The Morgan fingerprint density at radius 1 is 1.12 bits per heavy atom. The van der Waals surface area contributed by atoms with Crippen molar-refractivity contribution in [1.29, 1.82) is 0 Å². The minimum absolute atomic E-state index is 0.00653. The summed E-state index contributed by atoms with van der Waals surface area (Å²) in [5, 5.41) is 2.91. The van der Waals surface area contributed by atoms with Crippen LogP contribution < -0.4 is 20.5 Å². The second kappa shape index (κ2) is 15.9. The smallest absolute Gasteiger partial charge is 0.415 e. The zero-order chi connectivity index (χ0) is 24.6. The molecule has 1 aromatic rings. The van der Waals surface area contributed by atoms with E-state index < -0.39 is 6.09 Å². The highest BCUT2D eigenvalue weighted by Gasteiger charge is 2.15. The van der Waals surface area contributed by atoms with Crippen molar-refractivity contribution in [1.82, 2.24) is 10.2 Å². The summed E-state index contributed by atoms with van der Waals surface area (Å²) in [4.78, 5) is 37.1. The molecule has 184 valence electrons. The fourth-order valence-electron chi connectivity index (χ4n) is 2.99. The third-order valence-electron chi connectivity index (χ3n) is 4.95. The summed E-state index contributed by atoms with van der Waals surface area (Å²) in [5.41, 5.74) is 6.13. The summed E-state index contributed by atoms with van der Waals surface area (Å²) in [5.74, 6) is 1.21. The van der Waals surface area contributed by atoms with Crippen LogP contribution in [0.1, 0.15) is 57.9 Å². The number of Topliss-reactive ketones (excluding diaryl/α,β-unsaturated/α-hetero) is 1. The highest BCUT2D eigenvalue weighted by atomic mass is 16.6. The molecular weight excluding hydrogens is 422 g/mol. The SMILES string of the molecule is COc1cc(CNC(=O)CCCC/C=C/C(C)C)ccc1OC(=O)N(C)CCCC(=O)CN. The Morgan fingerprint density at radius 3 is 2.55 bits per heavy atom. The highest BCUT2D eigenvalue weighted by Crippen LogP contribution is 2.28. The van der Waals surface area contributed by atoms with E-state index in [0.29, 0.717) is 44.0 Å². The lowest BCUT2D eigenvalue weighted by Gasteiger charge is -2.18. The monoisotopic (exact) mass is 461 g/mol. The Kier molecular flexibility index (Phi) is 13.5. The second-order valence-electron chi connectivity index (χ2n) is 8.32. The van der Waals surface area contributed by atoms with Crippen LogP contribution in [0.5, 0.6) is 11.5 Å². The van der Waals surface area contributed by atoms with Crippen molar-refractivity contribution in [2.75, 3.05) is 27.2 Å². The molecular formula is C25H39N3O5. The number of hydrogen-bond donors (Lipinski definition) is 2. The van der Waals surface area contributed by atoms with Crippen LogP contribution in [0.2, 0.25) is 0 Å². The van der Waals surface area contributed by atoms with Gasteiger partial charge in [0.05, 0.1) is 13.7 Å². The summed E-state index contributed by atoms with van der Waals surface area (Å²) < 4.78 is 10.8. The van der Waals surface area contributed by atoms with Gasteiger partial charge in [-0.1, -0.05) is 32.1 Å². The number of rotatable bonds is 15. The average Bonchev–Trinajstić information content (AvgIpc) is 2.79. The molecule has 0 aliphatic carbocycles. The van der Waals surface area contributed by atoms with Crippen molar-refractivity contribution in [3.05, 3.63) is 35.9 Å². The average molecular weight is 462 g/mol. The lowest BCUT2D eigenvalue weighted by atomic mass is 10.1. The molecule has 0 saturated heterocycles. The van der Waals surface area contributed by atoms with Gasteiger partial charge in [0.1, 0.15) is 5.78 Å². The maximum Gasteiger partial charge on any atom is 0.415 e. The van der Waals surface area contributed by atoms with Crippen LogP contribution in [0.25, 0.3) is 0 Å². The first-order chi connectivity index (χ1) is 15.8. The first-order valence-electron chi connectivity index (χ1n) is 11.5. The Labute approximate surface area is 197 Å². The second-order valence-corrected chi connectivity index (χ2v) is 8.32. The van der Waals surface area contributed by atoms with Crippen LogP contribution in [-0.2, 0) is 16.1 Å². The highest BCUT2D eigenvalue weighted by molar-refractivity contribution is 5.80. The maximum absolute atomic E-state index is 12.3. The van der Waals surface area contributed by atoms with Gasteiger partial charge in [0.15, 0.2) is 11.5 Å². The Morgan fingerprint density at radius 2 is 1.88 bits per heavy atom. The molecule has 0 aliphatic rings. The van der Waals surface area contributed by atoms with Gasteiger partial charge in [-0.25, -0.2) is 4.79 Å². The normalized spacial score (nSPS) is 11.0. The van der Waals surface area contributed by atoms with Crippen LogP contribution in [0, 0.1) is 5.92 Å². The molecule has 0 spiro atoms. The van der Waals surface area contributed by atoms with E-state index in [0.717, 1.165) is 24.8 Å². The van der Waals surface area contributed by atoms with Gasteiger partial charge in [-0.2, -0.15) is 0 Å². The molecule has 0 radical (unpaired) electrons. The van der Waals surface area contributed by atoms with E-state index in [1.165, 1.54) is 12.0 Å². The molecule has 0 unspecified atom stereocenters. The minimum atomic E-state index is -0.544. The molecule has 33 heavy (non-hydrogen) atoms. The zero-order valence-electron chi connectivity index (χ0n) is 20.4. The largest absolute Gasteiger partial charge is 0.493 e. The van der Waals surface area contributed by atoms with E-state index in [2.05, 4.69) is 31.3 Å². The molecule has 0 atom stereocenters. The molecule has 2 amide bonds. The van der Waals surface area contributed by atoms with E-state index >= 15 is 0 Å². The van der Waals surface area contributed by atoms with Crippen LogP contribution >= 0.6 is 0 Å². The fraction of sp³-hybridized carbons (Fsp3) is 0.560. The number of ether oxygens (including phenoxy) is 2. The molecule has 0 fully saturated rings. The first-order valence-corrected chi connectivity index (χ1v) is 11.5. The summed E-state index contributed by atoms with van der Waals surface area (Å²) in [7, 11) is 3.09. The number of nitrogens with two attached hydrogens (primary N) is 1. The summed E-state index contributed by atoms with van der Waals surface area (Å²) >= 11 is 0. The lowest BCUT2D eigenvalue weighted by molar-refractivity contribution is -0.121. The quantitative estimate of drug-likeness (QED) is 0.303. The van der Waals surface area contributed by atoms with Gasteiger partial charge < -0.3 is 25.4 Å². The van der Waals surface area contributed by atoms with Crippen LogP contribution in [0.3, 0.4) is 0 Å². The predicted molar refractivity (Wildman–Crippen MR) is 129 cm³/mol. The van der Waals surface area contributed by atoms with Gasteiger partial charge >= 0.3 is 6.09 Å². The maximum atomic E-state index is 12.3. The Hall–Kier alpha value is -2.87. The number of unbranched alkanes of at least 4 members (excludes halogenated alkanes) is 2. The minimum Gasteiger partial charge on any atom is -0.493 e. The Bertz CT molecular complexity index is 792. The number of carbonyl (C=O) groups excluding carboxylic acids is 3. The van der Waals surface area contributed by atoms with Crippen LogP contribution in [0.4, 0.5) is 4.79 Å². The molecule has 0 aliphatic heterocycles. The standard InChI is InChI=1S/C25H39N3O5/c1-19(2)10-7-5-6-8-12-24(30)27-18-20-13-14-22(23(16-20)32-4)33-25(31)28(3)15-9-11-21(29)17-26/h7,10,13-14,16,19H,5-6,8-9,11-12,15,17-18,26H2,1-4H3,(H,27,30)/b10-7+.